The van der Waals surface area contributed by atoms with Crippen LogP contribution >= 0.6 is 27.5 Å². The fourth-order valence-electron chi connectivity index (χ4n) is 3.00. The largest absolute Gasteiger partial charge is 0.490 e. The van der Waals surface area contributed by atoms with Gasteiger partial charge in [-0.05, 0) is 69.9 Å². The summed E-state index contributed by atoms with van der Waals surface area (Å²) >= 11 is 9.46. The second-order valence-electron chi connectivity index (χ2n) is 7.02. The number of amides is 1. The molecule has 0 atom stereocenters. The van der Waals surface area contributed by atoms with E-state index in [1.807, 2.05) is 55.5 Å². The van der Waals surface area contributed by atoms with E-state index in [0.717, 1.165) is 11.1 Å². The van der Waals surface area contributed by atoms with Crippen molar-refractivity contribution in [3.8, 4) is 17.6 Å². The lowest BCUT2D eigenvalue weighted by atomic mass is 10.1. The Hall–Kier alpha value is -3.27. The third kappa shape index (κ3) is 7.11. The number of nitriles is 1. The molecule has 0 unspecified atom stereocenters. The number of halogens is 2. The van der Waals surface area contributed by atoms with Crippen LogP contribution in [0, 0.1) is 11.3 Å². The van der Waals surface area contributed by atoms with Gasteiger partial charge in [0.1, 0.15) is 18.2 Å². The summed E-state index contributed by atoms with van der Waals surface area (Å²) in [5, 5.41) is 13.0. The van der Waals surface area contributed by atoms with Crippen LogP contribution in [-0.2, 0) is 17.9 Å². The van der Waals surface area contributed by atoms with Crippen molar-refractivity contribution in [3.05, 3.63) is 98.5 Å². The van der Waals surface area contributed by atoms with Gasteiger partial charge in [0.2, 0.25) is 0 Å². The zero-order valence-corrected chi connectivity index (χ0v) is 20.3. The van der Waals surface area contributed by atoms with E-state index in [1.54, 1.807) is 24.3 Å². The molecule has 0 saturated heterocycles. The summed E-state index contributed by atoms with van der Waals surface area (Å²) in [5.74, 6) is 0.601. The average Bonchev–Trinajstić information content (AvgIpc) is 2.82. The van der Waals surface area contributed by atoms with Gasteiger partial charge < -0.3 is 14.8 Å². The van der Waals surface area contributed by atoms with E-state index in [0.29, 0.717) is 46.3 Å². The van der Waals surface area contributed by atoms with Gasteiger partial charge in [0, 0.05) is 11.6 Å². The van der Waals surface area contributed by atoms with E-state index in [9.17, 15) is 10.1 Å². The minimum Gasteiger partial charge on any atom is -0.490 e. The SMILES string of the molecule is CCOc1cc(/C=C(\C#N)C(=O)NCc2ccccc2)cc(Br)c1OCc1ccc(Cl)cc1. The van der Waals surface area contributed by atoms with Crippen LogP contribution in [0.25, 0.3) is 6.08 Å². The second-order valence-corrected chi connectivity index (χ2v) is 8.31. The Bertz CT molecular complexity index is 1170. The number of hydrogen-bond acceptors (Lipinski definition) is 4. The van der Waals surface area contributed by atoms with E-state index in [1.165, 1.54) is 6.08 Å². The maximum Gasteiger partial charge on any atom is 0.262 e. The molecule has 5 nitrogen and oxygen atoms in total. The monoisotopic (exact) mass is 524 g/mol. The van der Waals surface area contributed by atoms with Crippen molar-refractivity contribution in [2.45, 2.75) is 20.1 Å². The molecule has 0 aliphatic rings. The molecule has 1 N–H and O–H groups in total. The first-order valence-electron chi connectivity index (χ1n) is 10.3. The maximum absolute atomic E-state index is 12.5. The minimum atomic E-state index is -0.446. The van der Waals surface area contributed by atoms with Crippen molar-refractivity contribution in [2.24, 2.45) is 0 Å². The van der Waals surface area contributed by atoms with Crippen molar-refractivity contribution in [1.82, 2.24) is 5.32 Å². The standard InChI is InChI=1S/C26H22BrClN2O3/c1-2-32-24-14-20(12-21(15-29)26(31)30-16-18-6-4-3-5-7-18)13-23(27)25(24)33-17-19-8-10-22(28)11-9-19/h3-14H,2,16-17H2,1H3,(H,30,31)/b21-12+. The number of nitrogens with zero attached hydrogens (tertiary/aromatic N) is 1. The highest BCUT2D eigenvalue weighted by Crippen LogP contribution is 2.38. The van der Waals surface area contributed by atoms with Crippen LogP contribution in [0.5, 0.6) is 11.5 Å². The van der Waals surface area contributed by atoms with Gasteiger partial charge in [-0.3, -0.25) is 4.79 Å². The summed E-state index contributed by atoms with van der Waals surface area (Å²) in [6, 6.07) is 22.4. The molecule has 0 aromatic heterocycles. The van der Waals surface area contributed by atoms with E-state index in [-0.39, 0.29) is 5.57 Å². The smallest absolute Gasteiger partial charge is 0.262 e. The molecule has 168 valence electrons. The van der Waals surface area contributed by atoms with Crippen molar-refractivity contribution in [1.29, 1.82) is 5.26 Å². The predicted octanol–water partition coefficient (Wildman–Crippen LogP) is 6.30. The normalized spacial score (nSPS) is 10.9. The molecule has 0 aliphatic heterocycles. The van der Waals surface area contributed by atoms with E-state index in [4.69, 9.17) is 21.1 Å². The van der Waals surface area contributed by atoms with Crippen LogP contribution < -0.4 is 14.8 Å². The molecule has 7 heteroatoms. The Labute approximate surface area is 206 Å². The highest BCUT2D eigenvalue weighted by atomic mass is 79.9. The molecule has 0 spiro atoms. The van der Waals surface area contributed by atoms with Crippen molar-refractivity contribution < 1.29 is 14.3 Å². The summed E-state index contributed by atoms with van der Waals surface area (Å²) < 4.78 is 12.4. The molecule has 3 rings (SSSR count). The predicted molar refractivity (Wildman–Crippen MR) is 133 cm³/mol. The van der Waals surface area contributed by atoms with Crippen molar-refractivity contribution >= 4 is 39.5 Å². The molecule has 0 aliphatic carbocycles. The van der Waals surface area contributed by atoms with E-state index >= 15 is 0 Å². The first-order valence-corrected chi connectivity index (χ1v) is 11.4. The first kappa shape index (κ1) is 24.4. The molecule has 3 aromatic carbocycles. The van der Waals surface area contributed by atoms with Gasteiger partial charge in [-0.1, -0.05) is 54.1 Å². The van der Waals surface area contributed by atoms with Gasteiger partial charge in [0.15, 0.2) is 11.5 Å². The number of carbonyl (C=O) groups excluding carboxylic acids is 1. The quantitative estimate of drug-likeness (QED) is 0.263. The Morgan fingerprint density at radius 2 is 1.82 bits per heavy atom. The number of rotatable bonds is 9. The Morgan fingerprint density at radius 3 is 2.48 bits per heavy atom. The van der Waals surface area contributed by atoms with Crippen LogP contribution in [0.1, 0.15) is 23.6 Å². The Balaban J connectivity index is 1.78. The van der Waals surface area contributed by atoms with Gasteiger partial charge in [-0.15, -0.1) is 0 Å². The third-order valence-corrected chi connectivity index (χ3v) is 5.44. The lowest BCUT2D eigenvalue weighted by Crippen LogP contribution is -2.23. The molecule has 33 heavy (non-hydrogen) atoms. The zero-order chi connectivity index (χ0) is 23.6. The summed E-state index contributed by atoms with van der Waals surface area (Å²) in [6.07, 6.45) is 1.52. The highest BCUT2D eigenvalue weighted by Gasteiger charge is 2.14. The van der Waals surface area contributed by atoms with E-state index in [2.05, 4.69) is 21.2 Å². The fraction of sp³-hybridized carbons (Fsp3) is 0.154. The van der Waals surface area contributed by atoms with Crippen LogP contribution in [0.15, 0.2) is 76.8 Å². The zero-order valence-electron chi connectivity index (χ0n) is 18.0. The first-order chi connectivity index (χ1) is 16.0. The lowest BCUT2D eigenvalue weighted by Gasteiger charge is -2.15. The summed E-state index contributed by atoms with van der Waals surface area (Å²) in [5.41, 5.74) is 2.54. The van der Waals surface area contributed by atoms with Crippen molar-refractivity contribution in [3.63, 3.8) is 0 Å². The average molecular weight is 526 g/mol. The Morgan fingerprint density at radius 1 is 1.09 bits per heavy atom. The third-order valence-electron chi connectivity index (χ3n) is 4.60. The van der Waals surface area contributed by atoms with Gasteiger partial charge in [-0.2, -0.15) is 5.26 Å². The Kier molecular flexibility index (Phi) is 8.94. The number of ether oxygens (including phenoxy) is 2. The summed E-state index contributed by atoms with van der Waals surface area (Å²) in [6.45, 7) is 2.97. The van der Waals surface area contributed by atoms with E-state index < -0.39 is 5.91 Å². The molecule has 3 aromatic rings. The summed E-state index contributed by atoms with van der Waals surface area (Å²) in [7, 11) is 0. The second kappa shape index (κ2) is 12.1. The molecule has 1 amide bonds. The molecule has 0 heterocycles. The van der Waals surface area contributed by atoms with Gasteiger partial charge in [0.05, 0.1) is 11.1 Å². The number of benzene rings is 3. The van der Waals surface area contributed by atoms with Gasteiger partial charge in [-0.25, -0.2) is 0 Å². The van der Waals surface area contributed by atoms with Crippen LogP contribution in [0.3, 0.4) is 0 Å². The van der Waals surface area contributed by atoms with Gasteiger partial charge in [0.25, 0.3) is 5.91 Å². The number of carbonyl (C=O) groups is 1. The number of hydrogen-bond donors (Lipinski definition) is 1. The topological polar surface area (TPSA) is 71.3 Å². The summed E-state index contributed by atoms with van der Waals surface area (Å²) in [4.78, 5) is 12.5. The molecule has 0 bridgehead atoms. The molecular weight excluding hydrogens is 504 g/mol. The van der Waals surface area contributed by atoms with Crippen LogP contribution in [0.2, 0.25) is 5.02 Å². The maximum atomic E-state index is 12.5. The minimum absolute atomic E-state index is 0.00453. The molecule has 0 saturated carbocycles. The number of nitrogens with one attached hydrogen (secondary N) is 1. The molecule has 0 fully saturated rings. The molecular formula is C26H22BrClN2O3. The lowest BCUT2D eigenvalue weighted by molar-refractivity contribution is -0.117. The molecule has 0 radical (unpaired) electrons. The van der Waals surface area contributed by atoms with Gasteiger partial charge >= 0.3 is 0 Å². The van der Waals surface area contributed by atoms with Crippen LogP contribution in [0.4, 0.5) is 0 Å². The van der Waals surface area contributed by atoms with Crippen LogP contribution in [-0.4, -0.2) is 12.5 Å². The fourth-order valence-corrected chi connectivity index (χ4v) is 3.70. The highest BCUT2D eigenvalue weighted by molar-refractivity contribution is 9.10. The van der Waals surface area contributed by atoms with Crippen molar-refractivity contribution in [2.75, 3.05) is 6.61 Å².